The van der Waals surface area contributed by atoms with Gasteiger partial charge in [-0.3, -0.25) is 0 Å². The topological polar surface area (TPSA) is 77.0 Å². The van der Waals surface area contributed by atoms with Crippen molar-refractivity contribution in [3.63, 3.8) is 0 Å². The summed E-state index contributed by atoms with van der Waals surface area (Å²) in [5.74, 6) is -5.41. The van der Waals surface area contributed by atoms with Crippen LogP contribution >= 0.6 is 11.8 Å². The zero-order valence-electron chi connectivity index (χ0n) is 14.0. The highest BCUT2D eigenvalue weighted by atomic mass is 32.2. The van der Waals surface area contributed by atoms with E-state index < -0.39 is 57.6 Å². The van der Waals surface area contributed by atoms with E-state index in [4.69, 9.17) is 15.3 Å². The van der Waals surface area contributed by atoms with Crippen molar-refractivity contribution in [3.05, 3.63) is 52.3 Å². The Morgan fingerprint density at radius 3 is 2.34 bits per heavy atom. The number of thioether (sulfide) groups is 1. The molecule has 0 radical (unpaired) electrons. The second-order valence-electron chi connectivity index (χ2n) is 6.00. The minimum atomic E-state index is -4.78. The number of aliphatic hydroxyl groups is 1. The summed E-state index contributed by atoms with van der Waals surface area (Å²) in [7, 11) is 0. The molecule has 11 heteroatoms. The first kappa shape index (κ1) is 20.8. The Bertz CT molecular complexity index is 1070. The van der Waals surface area contributed by atoms with Gasteiger partial charge >= 0.3 is 5.51 Å². The van der Waals surface area contributed by atoms with Crippen molar-refractivity contribution in [2.24, 2.45) is 0 Å². The van der Waals surface area contributed by atoms with Crippen LogP contribution in [0.2, 0.25) is 0 Å². The third-order valence-electron chi connectivity index (χ3n) is 4.12. The van der Waals surface area contributed by atoms with Crippen LogP contribution in [-0.2, 0) is 6.42 Å². The summed E-state index contributed by atoms with van der Waals surface area (Å²) in [5.41, 5.74) is -6.61. The molecule has 2 aromatic carbocycles. The molecule has 1 aliphatic rings. The summed E-state index contributed by atoms with van der Waals surface area (Å²) in [5, 5.41) is 27.9. The fourth-order valence-electron chi connectivity index (χ4n) is 2.89. The highest BCUT2D eigenvalue weighted by molar-refractivity contribution is 8.00. The van der Waals surface area contributed by atoms with Crippen molar-refractivity contribution in [1.82, 2.24) is 0 Å². The van der Waals surface area contributed by atoms with Gasteiger partial charge in [0.15, 0.2) is 0 Å². The van der Waals surface area contributed by atoms with Crippen molar-refractivity contribution in [2.75, 3.05) is 0 Å². The summed E-state index contributed by atoms with van der Waals surface area (Å²) in [6.45, 7) is 0. The number of aliphatic hydroxyl groups excluding tert-OH is 1. The highest BCUT2D eigenvalue weighted by Crippen LogP contribution is 2.52. The molecule has 0 spiro atoms. The van der Waals surface area contributed by atoms with Gasteiger partial charge in [-0.2, -0.15) is 23.7 Å². The molecule has 2 aromatic rings. The van der Waals surface area contributed by atoms with E-state index in [0.29, 0.717) is 6.07 Å². The van der Waals surface area contributed by atoms with E-state index in [1.54, 1.807) is 6.07 Å². The monoisotopic (exact) mass is 430 g/mol. The number of alkyl halides is 5. The third-order valence-corrected chi connectivity index (χ3v) is 4.92. The largest absolute Gasteiger partial charge is 0.456 e. The quantitative estimate of drug-likeness (QED) is 0.535. The Labute approximate surface area is 163 Å². The summed E-state index contributed by atoms with van der Waals surface area (Å²) >= 11 is -0.653. The van der Waals surface area contributed by atoms with Gasteiger partial charge in [-0.25, -0.2) is 13.2 Å². The predicted octanol–water partition coefficient (Wildman–Crippen LogP) is 5.20. The van der Waals surface area contributed by atoms with E-state index in [0.717, 1.165) is 18.2 Å². The number of hydrogen-bond acceptors (Lipinski definition) is 5. The van der Waals surface area contributed by atoms with Crippen molar-refractivity contribution in [2.45, 2.75) is 28.9 Å². The van der Waals surface area contributed by atoms with Crippen molar-refractivity contribution >= 4 is 11.8 Å². The van der Waals surface area contributed by atoms with Gasteiger partial charge in [0.2, 0.25) is 0 Å². The molecule has 4 nitrogen and oxygen atoms in total. The zero-order chi connectivity index (χ0) is 21.6. The number of halogens is 6. The minimum Gasteiger partial charge on any atom is -0.456 e. The molecule has 0 aromatic heterocycles. The van der Waals surface area contributed by atoms with Gasteiger partial charge in [0.25, 0.3) is 5.92 Å². The molecule has 29 heavy (non-hydrogen) atoms. The Kier molecular flexibility index (Phi) is 5.15. The molecule has 0 saturated carbocycles. The van der Waals surface area contributed by atoms with Gasteiger partial charge < -0.3 is 9.84 Å². The maximum absolute atomic E-state index is 14.0. The molecule has 0 fully saturated rings. The first-order valence-electron chi connectivity index (χ1n) is 7.76. The molecule has 0 aliphatic heterocycles. The SMILES string of the molecule is N#Cc1cc(Oc2ccc(SC(F)(F)F)c3c2CC(F)(F)C3O)c(C#N)cc1F. The van der Waals surface area contributed by atoms with Crippen molar-refractivity contribution in [3.8, 4) is 23.6 Å². The number of nitrogens with zero attached hydrogens (tertiary/aromatic N) is 2. The van der Waals surface area contributed by atoms with E-state index >= 15 is 0 Å². The molecule has 0 bridgehead atoms. The lowest BCUT2D eigenvalue weighted by Crippen LogP contribution is -2.21. The maximum Gasteiger partial charge on any atom is 0.446 e. The molecule has 0 saturated heterocycles. The number of fused-ring (bicyclic) bond motifs is 1. The predicted molar refractivity (Wildman–Crippen MR) is 87.9 cm³/mol. The Morgan fingerprint density at radius 1 is 1.10 bits per heavy atom. The van der Waals surface area contributed by atoms with Crippen LogP contribution in [0.5, 0.6) is 11.5 Å². The fourth-order valence-corrected chi connectivity index (χ4v) is 3.62. The summed E-state index contributed by atoms with van der Waals surface area (Å²) in [4.78, 5) is -0.609. The normalized spacial score (nSPS) is 17.3. The molecular weight excluding hydrogens is 422 g/mol. The van der Waals surface area contributed by atoms with Gasteiger partial charge in [0.1, 0.15) is 35.6 Å². The lowest BCUT2D eigenvalue weighted by atomic mass is 10.1. The van der Waals surface area contributed by atoms with Gasteiger partial charge in [0, 0.05) is 28.5 Å². The van der Waals surface area contributed by atoms with Crippen molar-refractivity contribution in [1.29, 1.82) is 10.5 Å². The van der Waals surface area contributed by atoms with E-state index in [2.05, 4.69) is 0 Å². The molecule has 1 aliphatic carbocycles. The van der Waals surface area contributed by atoms with Gasteiger partial charge in [-0.15, -0.1) is 0 Å². The Morgan fingerprint density at radius 2 is 1.76 bits per heavy atom. The van der Waals surface area contributed by atoms with Crippen LogP contribution in [0.4, 0.5) is 26.3 Å². The maximum atomic E-state index is 14.0. The first-order chi connectivity index (χ1) is 13.5. The molecule has 1 unspecified atom stereocenters. The van der Waals surface area contributed by atoms with Crippen LogP contribution in [0, 0.1) is 28.5 Å². The average molecular weight is 430 g/mol. The molecule has 150 valence electrons. The van der Waals surface area contributed by atoms with Gasteiger partial charge in [-0.05, 0) is 30.0 Å². The first-order valence-corrected chi connectivity index (χ1v) is 8.57. The number of hydrogen-bond donors (Lipinski definition) is 1. The van der Waals surface area contributed by atoms with E-state index in [9.17, 15) is 31.4 Å². The van der Waals surface area contributed by atoms with Crippen molar-refractivity contribution < 1.29 is 36.2 Å². The van der Waals surface area contributed by atoms with E-state index in [1.165, 1.54) is 6.07 Å². The van der Waals surface area contributed by atoms with Crippen LogP contribution in [0.15, 0.2) is 29.2 Å². The lowest BCUT2D eigenvalue weighted by Gasteiger charge is -2.17. The second kappa shape index (κ2) is 7.17. The zero-order valence-corrected chi connectivity index (χ0v) is 14.8. The Balaban J connectivity index is 2.12. The molecule has 1 N–H and O–H groups in total. The lowest BCUT2D eigenvalue weighted by molar-refractivity contribution is -0.0977. The number of nitriles is 2. The second-order valence-corrected chi connectivity index (χ2v) is 7.10. The number of benzene rings is 2. The average Bonchev–Trinajstić information content (AvgIpc) is 2.87. The van der Waals surface area contributed by atoms with E-state index in [1.807, 2.05) is 0 Å². The smallest absolute Gasteiger partial charge is 0.446 e. The Hall–Kier alpha value is -2.89. The van der Waals surface area contributed by atoms with Crippen LogP contribution in [-0.4, -0.2) is 16.5 Å². The molecule has 1 atom stereocenters. The summed E-state index contributed by atoms with van der Waals surface area (Å²) < 4.78 is 85.4. The highest BCUT2D eigenvalue weighted by Gasteiger charge is 2.50. The van der Waals surface area contributed by atoms with Gasteiger partial charge in [-0.1, -0.05) is 0 Å². The van der Waals surface area contributed by atoms with Gasteiger partial charge in [0.05, 0.1) is 11.1 Å². The van der Waals surface area contributed by atoms with Crippen LogP contribution in [0.25, 0.3) is 0 Å². The number of ether oxygens (including phenoxy) is 1. The van der Waals surface area contributed by atoms with Crippen LogP contribution in [0.3, 0.4) is 0 Å². The fraction of sp³-hybridized carbons (Fsp3) is 0.222. The minimum absolute atomic E-state index is 0.338. The third kappa shape index (κ3) is 3.97. The molecule has 0 heterocycles. The van der Waals surface area contributed by atoms with Crippen LogP contribution < -0.4 is 4.74 Å². The molecule has 3 rings (SSSR count). The van der Waals surface area contributed by atoms with E-state index in [-0.39, 0.29) is 22.6 Å². The summed E-state index contributed by atoms with van der Waals surface area (Å²) in [6.07, 6.45) is -3.58. The van der Waals surface area contributed by atoms with Crippen LogP contribution in [0.1, 0.15) is 28.4 Å². The molecular formula is C18H8F6N2O2S. The molecule has 0 amide bonds. The standard InChI is InChI=1S/C18H8F6N2O2S/c19-11-3-9(7-26)13(4-8(11)6-25)28-12-1-2-14(29-18(22,23)24)15-10(12)5-17(20,21)16(15)27/h1-4,16,27H,5H2. The number of rotatable bonds is 3. The summed E-state index contributed by atoms with van der Waals surface area (Å²) in [6, 6.07) is 6.58.